The number of benzene rings is 13. The molecule has 4 heterocycles. The summed E-state index contributed by atoms with van der Waals surface area (Å²) in [4.78, 5) is 4.71. The van der Waals surface area contributed by atoms with E-state index in [0.29, 0.717) is 0 Å². The average Bonchev–Trinajstić information content (AvgIpc) is 4.48. The number of hydrogen-bond acceptors (Lipinski definition) is 4. The van der Waals surface area contributed by atoms with E-state index in [9.17, 15) is 0 Å². The fraction of sp³-hybridized carbons (Fsp3) is 0. The van der Waals surface area contributed by atoms with E-state index in [0.717, 1.165) is 111 Å². The molecule has 0 aliphatic rings. The third-order valence-electron chi connectivity index (χ3n) is 16.4. The Balaban J connectivity index is 0.768. The number of nitrogens with zero attached hydrogens (tertiary/aromatic N) is 4. The van der Waals surface area contributed by atoms with Crippen molar-refractivity contribution < 1.29 is 8.83 Å². The predicted octanol–water partition coefficient (Wildman–Crippen LogP) is 20.9. The monoisotopic (exact) mass is 1020 g/mol. The van der Waals surface area contributed by atoms with Crippen LogP contribution in [0.1, 0.15) is 0 Å². The molecule has 374 valence electrons. The number of hydrogen-bond donors (Lipinski definition) is 0. The second-order valence-corrected chi connectivity index (χ2v) is 20.8. The topological polar surface area (TPSA) is 42.6 Å². The lowest BCUT2D eigenvalue weighted by atomic mass is 10.0. The Bertz CT molecular complexity index is 4970. The Morgan fingerprint density at radius 2 is 0.537 bits per heavy atom. The molecule has 0 bridgehead atoms. The molecule has 17 aromatic rings. The molecule has 0 atom stereocenters. The number of furan rings is 2. The van der Waals surface area contributed by atoms with Crippen LogP contribution in [-0.2, 0) is 0 Å². The Labute approximate surface area is 459 Å². The van der Waals surface area contributed by atoms with Gasteiger partial charge in [-0.3, -0.25) is 0 Å². The largest absolute Gasteiger partial charge is 0.451 e. The van der Waals surface area contributed by atoms with Crippen LogP contribution < -0.4 is 9.80 Å². The first-order valence-corrected chi connectivity index (χ1v) is 27.2. The van der Waals surface area contributed by atoms with Gasteiger partial charge in [0.25, 0.3) is 0 Å². The highest BCUT2D eigenvalue weighted by Crippen LogP contribution is 2.47. The fourth-order valence-electron chi connectivity index (χ4n) is 12.9. The summed E-state index contributed by atoms with van der Waals surface area (Å²) in [7, 11) is 0. The van der Waals surface area contributed by atoms with Gasteiger partial charge in [-0.25, -0.2) is 0 Å². The van der Waals surface area contributed by atoms with Gasteiger partial charge in [-0.2, -0.15) is 0 Å². The summed E-state index contributed by atoms with van der Waals surface area (Å²) < 4.78 is 18.8. The van der Waals surface area contributed by atoms with Crippen molar-refractivity contribution in [3.63, 3.8) is 0 Å². The van der Waals surface area contributed by atoms with Crippen LogP contribution in [-0.4, -0.2) is 9.13 Å². The normalized spacial score (nSPS) is 12.0. The zero-order valence-electron chi connectivity index (χ0n) is 43.2. The van der Waals surface area contributed by atoms with Gasteiger partial charge in [-0.1, -0.05) is 121 Å². The van der Waals surface area contributed by atoms with Gasteiger partial charge in [0.1, 0.15) is 11.2 Å². The van der Waals surface area contributed by atoms with E-state index >= 15 is 0 Å². The van der Waals surface area contributed by atoms with Crippen LogP contribution in [0.4, 0.5) is 34.1 Å². The zero-order chi connectivity index (χ0) is 52.4. The molecule has 0 saturated heterocycles. The molecule has 0 saturated carbocycles. The standard InChI is InChI=1S/C74H46N4O2/c1-5-17-49(18-6-1)75(55-33-41-69-65(45-55)59-25-13-15-27-67(59)77(69)51-21-9-3-10-22-51)53-31-37-57-47(43-53)29-35-61-63-39-40-64-62-36-30-48-44-54(32-38-58(48)72(62)80-74(64)73(63)79-71(57)61)76(50-19-7-2-8-20-50)56-34-42-70-66(46-56)60-26-14-16-28-68(60)78(70)52-23-11-4-12-24-52/h1-46H. The van der Waals surface area contributed by atoms with E-state index < -0.39 is 0 Å². The van der Waals surface area contributed by atoms with Crippen LogP contribution in [0.15, 0.2) is 288 Å². The van der Waals surface area contributed by atoms with Crippen LogP contribution in [0.5, 0.6) is 0 Å². The first-order chi connectivity index (χ1) is 39.7. The van der Waals surface area contributed by atoms with Crippen molar-refractivity contribution in [1.82, 2.24) is 9.13 Å². The Kier molecular flexibility index (Phi) is 9.61. The quantitative estimate of drug-likeness (QED) is 0.152. The van der Waals surface area contributed by atoms with Crippen LogP contribution in [0.25, 0.3) is 120 Å². The maximum absolute atomic E-state index is 7.03. The number of fused-ring (bicyclic) bond motifs is 17. The molecule has 0 aliphatic heterocycles. The average molecular weight is 1020 g/mol. The Hall–Kier alpha value is -10.8. The number of rotatable bonds is 8. The summed E-state index contributed by atoms with van der Waals surface area (Å²) in [6, 6.07) is 100. The molecule has 0 N–H and O–H groups in total. The summed E-state index contributed by atoms with van der Waals surface area (Å²) in [5.41, 5.74) is 16.6. The molecule has 0 amide bonds. The van der Waals surface area contributed by atoms with Crippen molar-refractivity contribution in [1.29, 1.82) is 0 Å². The van der Waals surface area contributed by atoms with E-state index in [1.165, 1.54) is 43.6 Å². The lowest BCUT2D eigenvalue weighted by Gasteiger charge is -2.26. The van der Waals surface area contributed by atoms with E-state index in [4.69, 9.17) is 8.83 Å². The Morgan fingerprint density at radius 3 is 0.975 bits per heavy atom. The highest BCUT2D eigenvalue weighted by molar-refractivity contribution is 6.25. The zero-order valence-corrected chi connectivity index (χ0v) is 43.2. The molecule has 17 rings (SSSR count). The van der Waals surface area contributed by atoms with Gasteiger partial charge in [0.15, 0.2) is 11.2 Å². The molecule has 13 aromatic carbocycles. The summed E-state index contributed by atoms with van der Waals surface area (Å²) in [6.07, 6.45) is 0. The maximum Gasteiger partial charge on any atom is 0.178 e. The lowest BCUT2D eigenvalue weighted by Crippen LogP contribution is -2.09. The SMILES string of the molecule is c1ccc(N(c2ccc3c(ccc4c5ccc6c7ccc8cc(N(c9ccccc9)c9ccc%10c(c9)c9ccccc9n%10-c9ccccc9)ccc8c7oc6c5oc34)c2)c2ccc3c(c2)c2ccccc2n3-c2ccccc2)cc1. The van der Waals surface area contributed by atoms with Gasteiger partial charge in [0.05, 0.1) is 22.1 Å². The molecule has 0 unspecified atom stereocenters. The fourth-order valence-corrected chi connectivity index (χ4v) is 12.9. The van der Waals surface area contributed by atoms with Crippen molar-refractivity contribution >= 4 is 143 Å². The second kappa shape index (κ2) is 17.3. The first-order valence-electron chi connectivity index (χ1n) is 27.2. The molecule has 6 nitrogen and oxygen atoms in total. The minimum absolute atomic E-state index is 0.753. The number of anilines is 6. The highest BCUT2D eigenvalue weighted by atomic mass is 16.4. The Morgan fingerprint density at radius 1 is 0.212 bits per heavy atom. The third kappa shape index (κ3) is 6.66. The molecule has 6 heteroatoms. The van der Waals surface area contributed by atoms with Crippen LogP contribution in [0.2, 0.25) is 0 Å². The third-order valence-corrected chi connectivity index (χ3v) is 16.4. The lowest BCUT2D eigenvalue weighted by molar-refractivity contribution is 0.637. The van der Waals surface area contributed by atoms with Crippen LogP contribution >= 0.6 is 0 Å². The number of aromatic nitrogens is 2. The predicted molar refractivity (Wildman–Crippen MR) is 334 cm³/mol. The van der Waals surface area contributed by atoms with Gasteiger partial charge >= 0.3 is 0 Å². The minimum atomic E-state index is 0.753. The molecule has 80 heavy (non-hydrogen) atoms. The van der Waals surface area contributed by atoms with Crippen molar-refractivity contribution in [2.75, 3.05) is 9.80 Å². The van der Waals surface area contributed by atoms with E-state index in [1.54, 1.807) is 0 Å². The van der Waals surface area contributed by atoms with Crippen LogP contribution in [0.3, 0.4) is 0 Å². The second-order valence-electron chi connectivity index (χ2n) is 20.8. The summed E-state index contributed by atoms with van der Waals surface area (Å²) in [5.74, 6) is 0. The van der Waals surface area contributed by atoms with Gasteiger partial charge in [0, 0.05) is 99.4 Å². The van der Waals surface area contributed by atoms with Gasteiger partial charge in [0.2, 0.25) is 0 Å². The highest BCUT2D eigenvalue weighted by Gasteiger charge is 2.23. The van der Waals surface area contributed by atoms with Crippen molar-refractivity contribution in [3.05, 3.63) is 279 Å². The smallest absolute Gasteiger partial charge is 0.178 e. The van der Waals surface area contributed by atoms with Crippen molar-refractivity contribution in [2.24, 2.45) is 0 Å². The summed E-state index contributed by atoms with van der Waals surface area (Å²) in [5, 5.41) is 13.3. The molecule has 0 fully saturated rings. The van der Waals surface area contributed by atoms with Gasteiger partial charge in [-0.15, -0.1) is 0 Å². The first kappa shape index (κ1) is 44.3. The van der Waals surface area contributed by atoms with E-state index in [-0.39, 0.29) is 0 Å². The number of para-hydroxylation sites is 6. The summed E-state index contributed by atoms with van der Waals surface area (Å²) in [6.45, 7) is 0. The van der Waals surface area contributed by atoms with Gasteiger partial charge in [-0.05, 0) is 168 Å². The summed E-state index contributed by atoms with van der Waals surface area (Å²) >= 11 is 0. The molecular formula is C74H46N4O2. The van der Waals surface area contributed by atoms with Gasteiger partial charge < -0.3 is 27.8 Å². The maximum atomic E-state index is 7.03. The molecular weight excluding hydrogens is 977 g/mol. The van der Waals surface area contributed by atoms with Crippen molar-refractivity contribution in [2.45, 2.75) is 0 Å². The molecule has 0 radical (unpaired) electrons. The minimum Gasteiger partial charge on any atom is -0.451 e. The molecule has 0 spiro atoms. The molecule has 4 aromatic heterocycles. The van der Waals surface area contributed by atoms with Crippen molar-refractivity contribution in [3.8, 4) is 11.4 Å². The van der Waals surface area contributed by atoms with E-state index in [2.05, 4.69) is 298 Å². The molecule has 0 aliphatic carbocycles. The van der Waals surface area contributed by atoms with E-state index in [1.807, 2.05) is 0 Å². The van der Waals surface area contributed by atoms with Crippen LogP contribution in [0, 0.1) is 0 Å².